The van der Waals surface area contributed by atoms with Gasteiger partial charge in [0.25, 0.3) is 5.91 Å². The molecule has 0 atom stereocenters. The third-order valence-corrected chi connectivity index (χ3v) is 5.04. The number of aryl methyl sites for hydroxylation is 1. The van der Waals surface area contributed by atoms with E-state index >= 15 is 0 Å². The Labute approximate surface area is 134 Å². The van der Waals surface area contributed by atoms with Crippen molar-refractivity contribution < 1.29 is 9.53 Å². The van der Waals surface area contributed by atoms with Crippen molar-refractivity contribution in [2.75, 3.05) is 26.7 Å². The summed E-state index contributed by atoms with van der Waals surface area (Å²) in [5.41, 5.74) is 1.04. The van der Waals surface area contributed by atoms with E-state index in [0.29, 0.717) is 5.92 Å². The fourth-order valence-electron chi connectivity index (χ4n) is 2.35. The molecular formula is C15H19ClN2O2S. The molecule has 2 aromatic rings. The van der Waals surface area contributed by atoms with Crippen LogP contribution in [0.3, 0.4) is 0 Å². The van der Waals surface area contributed by atoms with Crippen LogP contribution in [0, 0.1) is 12.8 Å². The lowest BCUT2D eigenvalue weighted by Gasteiger charge is -2.26. The van der Waals surface area contributed by atoms with Crippen LogP contribution in [0.5, 0.6) is 5.75 Å². The quantitative estimate of drug-likeness (QED) is 0.908. The first-order valence-corrected chi connectivity index (χ1v) is 7.56. The molecule has 1 aromatic carbocycles. The second-order valence-corrected chi connectivity index (χ2v) is 6.20. The molecule has 1 aliphatic heterocycles. The summed E-state index contributed by atoms with van der Waals surface area (Å²) in [4.78, 5) is 13.1. The van der Waals surface area contributed by atoms with E-state index in [-0.39, 0.29) is 18.3 Å². The number of halogens is 1. The lowest BCUT2D eigenvalue weighted by molar-refractivity contribution is 0.0946. The van der Waals surface area contributed by atoms with Gasteiger partial charge in [0.2, 0.25) is 0 Å². The van der Waals surface area contributed by atoms with Crippen LogP contribution in [0.4, 0.5) is 0 Å². The summed E-state index contributed by atoms with van der Waals surface area (Å²) in [6, 6.07) is 5.94. The van der Waals surface area contributed by atoms with Crippen molar-refractivity contribution in [3.63, 3.8) is 0 Å². The van der Waals surface area contributed by atoms with Crippen LogP contribution in [0.2, 0.25) is 0 Å². The minimum Gasteiger partial charge on any atom is -0.497 e. The first kappa shape index (κ1) is 16.1. The lowest BCUT2D eigenvalue weighted by atomic mass is 10.0. The van der Waals surface area contributed by atoms with E-state index < -0.39 is 0 Å². The van der Waals surface area contributed by atoms with Gasteiger partial charge in [-0.05, 0) is 36.1 Å². The van der Waals surface area contributed by atoms with Crippen LogP contribution in [0.25, 0.3) is 10.1 Å². The average Bonchev–Trinajstić information content (AvgIpc) is 2.74. The molecule has 0 spiro atoms. The first-order chi connectivity index (χ1) is 9.69. The second kappa shape index (κ2) is 6.64. The smallest absolute Gasteiger partial charge is 0.261 e. The number of ether oxygens (including phenoxy) is 1. The number of fused-ring (bicyclic) bond motifs is 1. The van der Waals surface area contributed by atoms with E-state index in [1.54, 1.807) is 18.4 Å². The van der Waals surface area contributed by atoms with Crippen LogP contribution in [-0.2, 0) is 0 Å². The van der Waals surface area contributed by atoms with E-state index in [9.17, 15) is 4.79 Å². The minimum atomic E-state index is 0. The maximum atomic E-state index is 12.3. The fraction of sp³-hybridized carbons (Fsp3) is 0.400. The zero-order valence-electron chi connectivity index (χ0n) is 12.1. The zero-order chi connectivity index (χ0) is 14.1. The minimum absolute atomic E-state index is 0. The van der Waals surface area contributed by atoms with Crippen molar-refractivity contribution in [2.45, 2.75) is 6.92 Å². The van der Waals surface area contributed by atoms with Crippen LogP contribution >= 0.6 is 23.7 Å². The molecule has 21 heavy (non-hydrogen) atoms. The Hall–Kier alpha value is -1.30. The van der Waals surface area contributed by atoms with Crippen molar-refractivity contribution in [3.8, 4) is 5.75 Å². The van der Waals surface area contributed by atoms with E-state index in [1.807, 2.05) is 25.1 Å². The number of rotatable bonds is 4. The number of hydrogen-bond donors (Lipinski definition) is 2. The van der Waals surface area contributed by atoms with Crippen molar-refractivity contribution in [1.82, 2.24) is 10.6 Å². The highest BCUT2D eigenvalue weighted by Gasteiger charge is 2.20. The molecule has 2 heterocycles. The Morgan fingerprint density at radius 2 is 2.24 bits per heavy atom. The predicted molar refractivity (Wildman–Crippen MR) is 89.1 cm³/mol. The standard InChI is InChI=1S/C15H18N2O2S.ClH/c1-9-12-5-11(19-2)3-4-13(12)20-14(9)15(18)17-8-10-6-16-7-10;/h3-5,10,16H,6-8H2,1-2H3,(H,17,18);1H. The molecule has 2 N–H and O–H groups in total. The number of thiophene rings is 1. The fourth-order valence-corrected chi connectivity index (χ4v) is 3.46. The monoisotopic (exact) mass is 326 g/mol. The highest BCUT2D eigenvalue weighted by Crippen LogP contribution is 2.33. The maximum Gasteiger partial charge on any atom is 0.261 e. The van der Waals surface area contributed by atoms with Gasteiger partial charge in [-0.15, -0.1) is 23.7 Å². The third-order valence-electron chi connectivity index (χ3n) is 3.77. The lowest BCUT2D eigenvalue weighted by Crippen LogP contribution is -2.48. The second-order valence-electron chi connectivity index (χ2n) is 5.15. The van der Waals surface area contributed by atoms with Gasteiger partial charge in [-0.25, -0.2) is 0 Å². The summed E-state index contributed by atoms with van der Waals surface area (Å²) in [6.07, 6.45) is 0. The van der Waals surface area contributed by atoms with Crippen molar-refractivity contribution >= 4 is 39.7 Å². The molecule has 3 rings (SSSR count). The van der Waals surface area contributed by atoms with Gasteiger partial charge in [-0.2, -0.15) is 0 Å². The van der Waals surface area contributed by atoms with E-state index in [0.717, 1.165) is 45.9 Å². The molecule has 0 saturated carbocycles. The SMILES string of the molecule is COc1ccc2sc(C(=O)NCC3CNC3)c(C)c2c1.Cl. The molecule has 1 amide bonds. The number of amides is 1. The summed E-state index contributed by atoms with van der Waals surface area (Å²) >= 11 is 1.55. The highest BCUT2D eigenvalue weighted by molar-refractivity contribution is 7.21. The van der Waals surface area contributed by atoms with Crippen molar-refractivity contribution in [1.29, 1.82) is 0 Å². The molecule has 0 radical (unpaired) electrons. The van der Waals surface area contributed by atoms with Crippen LogP contribution in [0.15, 0.2) is 18.2 Å². The van der Waals surface area contributed by atoms with Gasteiger partial charge < -0.3 is 15.4 Å². The molecule has 4 nitrogen and oxygen atoms in total. The molecular weight excluding hydrogens is 308 g/mol. The van der Waals surface area contributed by atoms with Gasteiger partial charge in [0.15, 0.2) is 0 Å². The Morgan fingerprint density at radius 1 is 1.48 bits per heavy atom. The molecule has 0 unspecified atom stereocenters. The maximum absolute atomic E-state index is 12.3. The number of hydrogen-bond acceptors (Lipinski definition) is 4. The molecule has 1 saturated heterocycles. The third kappa shape index (κ3) is 3.15. The Morgan fingerprint density at radius 3 is 2.86 bits per heavy atom. The Kier molecular flexibility index (Phi) is 5.08. The summed E-state index contributed by atoms with van der Waals surface area (Å²) < 4.78 is 6.37. The Bertz CT molecular complexity index is 652. The van der Waals surface area contributed by atoms with Gasteiger partial charge in [-0.1, -0.05) is 0 Å². The number of benzene rings is 1. The van der Waals surface area contributed by atoms with Gasteiger partial charge in [-0.3, -0.25) is 4.79 Å². The van der Waals surface area contributed by atoms with Crippen LogP contribution < -0.4 is 15.4 Å². The normalized spacial score (nSPS) is 14.4. The van der Waals surface area contributed by atoms with Crippen molar-refractivity contribution in [3.05, 3.63) is 28.6 Å². The number of carbonyl (C=O) groups excluding carboxylic acids is 1. The molecule has 1 aromatic heterocycles. The molecule has 0 bridgehead atoms. The Balaban J connectivity index is 0.00000161. The van der Waals surface area contributed by atoms with Gasteiger partial charge in [0.1, 0.15) is 5.75 Å². The highest BCUT2D eigenvalue weighted by atomic mass is 35.5. The van der Waals surface area contributed by atoms with E-state index in [4.69, 9.17) is 4.74 Å². The number of carbonyl (C=O) groups is 1. The number of nitrogens with one attached hydrogen (secondary N) is 2. The summed E-state index contributed by atoms with van der Waals surface area (Å²) in [6.45, 7) is 4.76. The largest absolute Gasteiger partial charge is 0.497 e. The van der Waals surface area contributed by atoms with Gasteiger partial charge in [0, 0.05) is 30.3 Å². The van der Waals surface area contributed by atoms with E-state index in [2.05, 4.69) is 10.6 Å². The van der Waals surface area contributed by atoms with Gasteiger partial charge in [0.05, 0.1) is 12.0 Å². The average molecular weight is 327 g/mol. The van der Waals surface area contributed by atoms with E-state index in [1.165, 1.54) is 0 Å². The zero-order valence-corrected chi connectivity index (χ0v) is 13.7. The van der Waals surface area contributed by atoms with Crippen molar-refractivity contribution in [2.24, 2.45) is 5.92 Å². The molecule has 6 heteroatoms. The summed E-state index contributed by atoms with van der Waals surface area (Å²) in [5.74, 6) is 1.44. The molecule has 0 aliphatic carbocycles. The topological polar surface area (TPSA) is 50.4 Å². The van der Waals surface area contributed by atoms with Gasteiger partial charge >= 0.3 is 0 Å². The molecule has 1 fully saturated rings. The molecule has 114 valence electrons. The number of methoxy groups -OCH3 is 1. The van der Waals surface area contributed by atoms with Crippen LogP contribution in [-0.4, -0.2) is 32.7 Å². The van der Waals surface area contributed by atoms with Crippen LogP contribution in [0.1, 0.15) is 15.2 Å². The predicted octanol–water partition coefficient (Wildman–Crippen LogP) is 2.59. The summed E-state index contributed by atoms with van der Waals surface area (Å²) in [7, 11) is 1.66. The summed E-state index contributed by atoms with van der Waals surface area (Å²) in [5, 5.41) is 7.34. The first-order valence-electron chi connectivity index (χ1n) is 6.75. The molecule has 1 aliphatic rings.